The number of fused-ring (bicyclic) bond motifs is 1. The van der Waals surface area contributed by atoms with Crippen molar-refractivity contribution < 1.29 is 23.6 Å². The van der Waals surface area contributed by atoms with Crippen LogP contribution in [0.4, 0.5) is 10.1 Å². The Hall–Kier alpha value is -2.60. The second kappa shape index (κ2) is 7.33. The van der Waals surface area contributed by atoms with Gasteiger partial charge >= 0.3 is 0 Å². The molecule has 0 aliphatic carbocycles. The van der Waals surface area contributed by atoms with Crippen LogP contribution < -0.4 is 19.7 Å². The molecule has 2 aromatic rings. The van der Waals surface area contributed by atoms with Crippen molar-refractivity contribution in [3.8, 4) is 11.5 Å². The molecular weight excluding hydrogens is 335 g/mol. The molecule has 0 spiro atoms. The van der Waals surface area contributed by atoms with Crippen LogP contribution in [0.3, 0.4) is 0 Å². The molecule has 0 saturated carbocycles. The molecule has 2 aliphatic rings. The van der Waals surface area contributed by atoms with Crippen LogP contribution in [0.25, 0.3) is 0 Å². The summed E-state index contributed by atoms with van der Waals surface area (Å²) >= 11 is 0. The molecule has 2 atom stereocenters. The maximum absolute atomic E-state index is 13.7. The molecule has 2 aromatic carbocycles. The maximum Gasteiger partial charge on any atom is 0.279 e. The van der Waals surface area contributed by atoms with Crippen LogP contribution in [-0.4, -0.2) is 32.2 Å². The van der Waals surface area contributed by atoms with Crippen LogP contribution in [0.15, 0.2) is 42.5 Å². The molecule has 4 rings (SSSR count). The van der Waals surface area contributed by atoms with E-state index in [9.17, 15) is 9.18 Å². The number of anilines is 1. The van der Waals surface area contributed by atoms with Crippen LogP contribution in [0.1, 0.15) is 24.4 Å². The number of likely N-dealkylation sites (tertiary alicyclic amines) is 1. The second-order valence-electron chi connectivity index (χ2n) is 6.71. The number of carbonyl (C=O) groups excluding carboxylic acids is 1. The highest BCUT2D eigenvalue weighted by atomic mass is 19.1. The summed E-state index contributed by atoms with van der Waals surface area (Å²) in [6.07, 6.45) is 2.07. The van der Waals surface area contributed by atoms with Crippen molar-refractivity contribution in [2.75, 3.05) is 31.6 Å². The number of halogens is 1. The Balaban J connectivity index is 1.45. The zero-order valence-electron chi connectivity index (χ0n) is 14.5. The van der Waals surface area contributed by atoms with Crippen molar-refractivity contribution in [1.29, 1.82) is 0 Å². The number of benzene rings is 2. The lowest BCUT2D eigenvalue weighted by atomic mass is 10.0. The molecule has 6 heteroatoms. The number of rotatable bonds is 4. The quantitative estimate of drug-likeness (QED) is 0.880. The molecule has 2 aliphatic heterocycles. The van der Waals surface area contributed by atoms with Crippen LogP contribution >= 0.6 is 0 Å². The molecule has 1 unspecified atom stereocenters. The van der Waals surface area contributed by atoms with Gasteiger partial charge in [-0.2, -0.15) is 0 Å². The number of hydrogen-bond donors (Lipinski definition) is 2. The summed E-state index contributed by atoms with van der Waals surface area (Å²) in [7, 11) is 0. The molecule has 2 N–H and O–H groups in total. The Bertz CT molecular complexity index is 811. The van der Waals surface area contributed by atoms with Crippen LogP contribution in [0.5, 0.6) is 11.5 Å². The Labute approximate surface area is 151 Å². The fourth-order valence-electron chi connectivity index (χ4n) is 3.77. The van der Waals surface area contributed by atoms with Gasteiger partial charge in [0.15, 0.2) is 18.0 Å². The number of nitrogens with one attached hydrogen (secondary N) is 2. The Kier molecular flexibility index (Phi) is 4.75. The maximum atomic E-state index is 13.7. The monoisotopic (exact) mass is 357 g/mol. The van der Waals surface area contributed by atoms with Crippen molar-refractivity contribution in [3.05, 3.63) is 53.8 Å². The van der Waals surface area contributed by atoms with Gasteiger partial charge in [-0.15, -0.1) is 0 Å². The van der Waals surface area contributed by atoms with Gasteiger partial charge in [-0.3, -0.25) is 4.79 Å². The van der Waals surface area contributed by atoms with E-state index in [1.165, 1.54) is 11.0 Å². The summed E-state index contributed by atoms with van der Waals surface area (Å²) < 4.78 is 25.0. The SMILES string of the molecule is O=C(C[NH+]1CCC[C@H]1c1ccc2c(c1)OCCO2)Nc1ccccc1F. The van der Waals surface area contributed by atoms with Crippen molar-refractivity contribution in [3.63, 3.8) is 0 Å². The summed E-state index contributed by atoms with van der Waals surface area (Å²) in [4.78, 5) is 13.6. The summed E-state index contributed by atoms with van der Waals surface area (Å²) in [6.45, 7) is 2.36. The smallest absolute Gasteiger partial charge is 0.279 e. The number of quaternary nitrogens is 1. The first-order valence-corrected chi connectivity index (χ1v) is 8.99. The lowest BCUT2D eigenvalue weighted by molar-refractivity contribution is -0.910. The van der Waals surface area contributed by atoms with Gasteiger partial charge in [0.2, 0.25) is 0 Å². The molecule has 26 heavy (non-hydrogen) atoms. The van der Waals surface area contributed by atoms with E-state index in [2.05, 4.69) is 11.4 Å². The van der Waals surface area contributed by atoms with Crippen LogP contribution in [0, 0.1) is 5.82 Å². The molecule has 5 nitrogen and oxygen atoms in total. The predicted molar refractivity (Wildman–Crippen MR) is 95.1 cm³/mol. The summed E-state index contributed by atoms with van der Waals surface area (Å²) in [5.41, 5.74) is 1.38. The lowest BCUT2D eigenvalue weighted by Crippen LogP contribution is -3.11. The van der Waals surface area contributed by atoms with E-state index in [4.69, 9.17) is 9.47 Å². The van der Waals surface area contributed by atoms with E-state index < -0.39 is 5.82 Å². The lowest BCUT2D eigenvalue weighted by Gasteiger charge is -2.24. The van der Waals surface area contributed by atoms with Crippen molar-refractivity contribution in [2.45, 2.75) is 18.9 Å². The van der Waals surface area contributed by atoms with Gasteiger partial charge in [-0.1, -0.05) is 12.1 Å². The molecule has 0 radical (unpaired) electrons. The first-order valence-electron chi connectivity index (χ1n) is 8.99. The third-order valence-electron chi connectivity index (χ3n) is 4.99. The van der Waals surface area contributed by atoms with Gasteiger partial charge in [0.25, 0.3) is 5.91 Å². The number of carbonyl (C=O) groups is 1. The minimum absolute atomic E-state index is 0.172. The topological polar surface area (TPSA) is 52.0 Å². The summed E-state index contributed by atoms with van der Waals surface area (Å²) in [5.74, 6) is 0.961. The summed E-state index contributed by atoms with van der Waals surface area (Å²) in [6, 6.07) is 12.5. The van der Waals surface area contributed by atoms with Gasteiger partial charge in [-0.25, -0.2) is 4.39 Å². The van der Waals surface area contributed by atoms with Crippen LogP contribution in [0.2, 0.25) is 0 Å². The molecular formula is C20H22FN2O3+. The molecule has 1 fully saturated rings. The third-order valence-corrected chi connectivity index (χ3v) is 4.99. The number of para-hydroxylation sites is 1. The number of ether oxygens (including phenoxy) is 2. The third kappa shape index (κ3) is 3.51. The van der Waals surface area contributed by atoms with E-state index in [-0.39, 0.29) is 17.6 Å². The Morgan fingerprint density at radius 1 is 1.15 bits per heavy atom. The normalized spacial score (nSPS) is 21.4. The zero-order chi connectivity index (χ0) is 17.9. The van der Waals surface area contributed by atoms with E-state index >= 15 is 0 Å². The minimum Gasteiger partial charge on any atom is -0.486 e. The molecule has 2 heterocycles. The number of amides is 1. The van der Waals surface area contributed by atoms with Gasteiger partial charge in [0.1, 0.15) is 25.1 Å². The van der Waals surface area contributed by atoms with E-state index in [0.717, 1.165) is 36.4 Å². The van der Waals surface area contributed by atoms with Gasteiger partial charge in [-0.05, 0) is 30.3 Å². The Morgan fingerprint density at radius 2 is 1.96 bits per heavy atom. The first-order chi connectivity index (χ1) is 12.7. The Morgan fingerprint density at radius 3 is 2.81 bits per heavy atom. The average Bonchev–Trinajstić information content (AvgIpc) is 3.11. The molecule has 0 bridgehead atoms. The summed E-state index contributed by atoms with van der Waals surface area (Å²) in [5, 5.41) is 2.68. The fourth-order valence-corrected chi connectivity index (χ4v) is 3.77. The van der Waals surface area contributed by atoms with E-state index in [1.807, 2.05) is 12.1 Å². The van der Waals surface area contributed by atoms with Gasteiger partial charge in [0, 0.05) is 18.4 Å². The predicted octanol–water partition coefficient (Wildman–Crippen LogP) is 1.96. The van der Waals surface area contributed by atoms with Gasteiger partial charge < -0.3 is 19.7 Å². The van der Waals surface area contributed by atoms with Gasteiger partial charge in [0.05, 0.1) is 12.2 Å². The van der Waals surface area contributed by atoms with Crippen molar-refractivity contribution >= 4 is 11.6 Å². The highest BCUT2D eigenvalue weighted by molar-refractivity contribution is 5.91. The fraction of sp³-hybridized carbons (Fsp3) is 0.350. The molecule has 136 valence electrons. The van der Waals surface area contributed by atoms with Crippen molar-refractivity contribution in [2.24, 2.45) is 0 Å². The molecule has 1 saturated heterocycles. The minimum atomic E-state index is -0.416. The zero-order valence-corrected chi connectivity index (χ0v) is 14.5. The highest BCUT2D eigenvalue weighted by Crippen LogP contribution is 2.33. The largest absolute Gasteiger partial charge is 0.486 e. The van der Waals surface area contributed by atoms with Crippen molar-refractivity contribution in [1.82, 2.24) is 0 Å². The van der Waals surface area contributed by atoms with E-state index in [1.54, 1.807) is 18.2 Å². The average molecular weight is 357 g/mol. The molecule has 0 aromatic heterocycles. The highest BCUT2D eigenvalue weighted by Gasteiger charge is 2.32. The standard InChI is InChI=1S/C20H21FN2O3/c21-15-4-1-2-5-16(15)22-20(24)13-23-9-3-6-17(23)14-7-8-18-19(12-14)26-11-10-25-18/h1-2,4-5,7-8,12,17H,3,6,9-11,13H2,(H,22,24)/p+1/t17-/m0/s1. The van der Waals surface area contributed by atoms with E-state index in [0.29, 0.717) is 19.8 Å². The first kappa shape index (κ1) is 16.8. The second-order valence-corrected chi connectivity index (χ2v) is 6.71. The molecule has 1 amide bonds. The van der Waals surface area contributed by atoms with Crippen LogP contribution in [-0.2, 0) is 4.79 Å². The number of hydrogen-bond acceptors (Lipinski definition) is 3.